The summed E-state index contributed by atoms with van der Waals surface area (Å²) in [5.74, 6) is 1.52. The monoisotopic (exact) mass is 384 g/mol. The first-order valence-electron chi connectivity index (χ1n) is 8.49. The number of rotatable bonds is 3. The molecule has 0 atom stereocenters. The normalized spacial score (nSPS) is 13.1. The standard InChI is InChI=1S/C20H17ClN2O4/c1-25-13-4-6-15-12(9-13)3-5-16(22-15)20(24)23-17-11-19-18(10-14(17)21)26-7-2-8-27-19/h3-6,9-11H,2,7-8H2,1H3,(H,23,24). The molecule has 1 amide bonds. The number of methoxy groups -OCH3 is 1. The third kappa shape index (κ3) is 3.61. The molecule has 0 saturated heterocycles. The van der Waals surface area contributed by atoms with E-state index < -0.39 is 0 Å². The van der Waals surface area contributed by atoms with Crippen LogP contribution in [0.15, 0.2) is 42.5 Å². The van der Waals surface area contributed by atoms with Gasteiger partial charge in [-0.05, 0) is 24.3 Å². The number of anilines is 1. The van der Waals surface area contributed by atoms with Crippen LogP contribution in [0.3, 0.4) is 0 Å². The van der Waals surface area contributed by atoms with Crippen LogP contribution < -0.4 is 19.5 Å². The minimum Gasteiger partial charge on any atom is -0.497 e. The summed E-state index contributed by atoms with van der Waals surface area (Å²) in [4.78, 5) is 17.1. The minimum atomic E-state index is -0.357. The molecule has 7 heteroatoms. The van der Waals surface area contributed by atoms with Gasteiger partial charge in [0.05, 0.1) is 36.6 Å². The first-order valence-corrected chi connectivity index (χ1v) is 8.87. The van der Waals surface area contributed by atoms with Gasteiger partial charge in [-0.25, -0.2) is 4.98 Å². The van der Waals surface area contributed by atoms with Gasteiger partial charge < -0.3 is 19.5 Å². The number of nitrogens with zero attached hydrogens (tertiary/aromatic N) is 1. The maximum absolute atomic E-state index is 12.6. The lowest BCUT2D eigenvalue weighted by Gasteiger charge is -2.12. The van der Waals surface area contributed by atoms with Crippen LogP contribution in [0.4, 0.5) is 5.69 Å². The minimum absolute atomic E-state index is 0.288. The average Bonchev–Trinajstić information content (AvgIpc) is 2.92. The van der Waals surface area contributed by atoms with Crippen molar-refractivity contribution in [3.8, 4) is 17.2 Å². The van der Waals surface area contributed by atoms with Crippen molar-refractivity contribution in [3.05, 3.63) is 53.2 Å². The molecule has 0 saturated carbocycles. The lowest BCUT2D eigenvalue weighted by atomic mass is 10.2. The molecule has 4 rings (SSSR count). The van der Waals surface area contributed by atoms with Crippen LogP contribution in [0.2, 0.25) is 5.02 Å². The summed E-state index contributed by atoms with van der Waals surface area (Å²) in [6.07, 6.45) is 0.791. The number of hydrogen-bond donors (Lipinski definition) is 1. The summed E-state index contributed by atoms with van der Waals surface area (Å²) in [5.41, 5.74) is 1.44. The van der Waals surface area contributed by atoms with Gasteiger partial charge in [0.15, 0.2) is 11.5 Å². The van der Waals surface area contributed by atoms with Crippen molar-refractivity contribution in [2.24, 2.45) is 0 Å². The lowest BCUT2D eigenvalue weighted by molar-refractivity contribution is 0.102. The number of halogens is 1. The Balaban J connectivity index is 1.60. The molecule has 1 aliphatic heterocycles. The van der Waals surface area contributed by atoms with Crippen LogP contribution in [0.1, 0.15) is 16.9 Å². The molecule has 138 valence electrons. The molecule has 2 aromatic carbocycles. The van der Waals surface area contributed by atoms with Crippen molar-refractivity contribution < 1.29 is 19.0 Å². The third-order valence-corrected chi connectivity index (χ3v) is 4.53. The van der Waals surface area contributed by atoms with Crippen molar-refractivity contribution in [1.82, 2.24) is 4.98 Å². The molecule has 6 nitrogen and oxygen atoms in total. The van der Waals surface area contributed by atoms with E-state index in [2.05, 4.69) is 10.3 Å². The number of fused-ring (bicyclic) bond motifs is 2. The number of carbonyl (C=O) groups is 1. The topological polar surface area (TPSA) is 69.7 Å². The van der Waals surface area contributed by atoms with Gasteiger partial charge in [0.25, 0.3) is 5.91 Å². The Bertz CT molecular complexity index is 1020. The zero-order valence-electron chi connectivity index (χ0n) is 14.6. The lowest BCUT2D eigenvalue weighted by Crippen LogP contribution is -2.14. The number of pyridine rings is 1. The Morgan fingerprint density at radius 3 is 2.67 bits per heavy atom. The van der Waals surface area contributed by atoms with E-state index in [0.29, 0.717) is 40.9 Å². The quantitative estimate of drug-likeness (QED) is 0.728. The highest BCUT2D eigenvalue weighted by atomic mass is 35.5. The second-order valence-corrected chi connectivity index (χ2v) is 6.45. The van der Waals surface area contributed by atoms with Crippen LogP contribution in [0.25, 0.3) is 10.9 Å². The van der Waals surface area contributed by atoms with Gasteiger partial charge in [-0.1, -0.05) is 17.7 Å². The molecule has 0 aliphatic carbocycles. The fourth-order valence-corrected chi connectivity index (χ4v) is 3.02. The third-order valence-electron chi connectivity index (χ3n) is 4.21. The second-order valence-electron chi connectivity index (χ2n) is 6.04. The molecule has 0 unspecified atom stereocenters. The smallest absolute Gasteiger partial charge is 0.274 e. The molecule has 1 aliphatic rings. The largest absolute Gasteiger partial charge is 0.497 e. The number of ether oxygens (including phenoxy) is 3. The first kappa shape index (κ1) is 17.4. The van der Waals surface area contributed by atoms with Gasteiger partial charge in [0, 0.05) is 23.9 Å². The summed E-state index contributed by atoms with van der Waals surface area (Å²) in [6, 6.07) is 12.3. The average molecular weight is 385 g/mol. The van der Waals surface area contributed by atoms with Crippen molar-refractivity contribution in [3.63, 3.8) is 0 Å². The van der Waals surface area contributed by atoms with Crippen LogP contribution in [0, 0.1) is 0 Å². The van der Waals surface area contributed by atoms with Crippen molar-refractivity contribution in [2.75, 3.05) is 25.6 Å². The molecule has 0 radical (unpaired) electrons. The van der Waals surface area contributed by atoms with E-state index in [0.717, 1.165) is 17.6 Å². The van der Waals surface area contributed by atoms with Crippen molar-refractivity contribution >= 4 is 34.1 Å². The Kier molecular flexibility index (Phi) is 4.73. The number of carbonyl (C=O) groups excluding carboxylic acids is 1. The number of aromatic nitrogens is 1. The summed E-state index contributed by atoms with van der Waals surface area (Å²) in [7, 11) is 1.61. The predicted molar refractivity (Wildman–Crippen MR) is 103 cm³/mol. The summed E-state index contributed by atoms with van der Waals surface area (Å²) in [6.45, 7) is 1.12. The Morgan fingerprint density at radius 1 is 1.11 bits per heavy atom. The van der Waals surface area contributed by atoms with Crippen LogP contribution >= 0.6 is 11.6 Å². The van der Waals surface area contributed by atoms with Gasteiger partial charge in [-0.3, -0.25) is 4.79 Å². The SMILES string of the molecule is COc1ccc2nc(C(=O)Nc3cc4c(cc3Cl)OCCCO4)ccc2c1. The van der Waals surface area contributed by atoms with E-state index >= 15 is 0 Å². The number of nitrogens with one attached hydrogen (secondary N) is 1. The summed E-state index contributed by atoms with van der Waals surface area (Å²) in [5, 5.41) is 4.05. The van der Waals surface area contributed by atoms with Crippen LogP contribution in [0.5, 0.6) is 17.2 Å². The molecule has 27 heavy (non-hydrogen) atoms. The van der Waals surface area contributed by atoms with Gasteiger partial charge in [-0.15, -0.1) is 0 Å². The van der Waals surface area contributed by atoms with E-state index in [1.807, 2.05) is 18.2 Å². The van der Waals surface area contributed by atoms with E-state index in [4.69, 9.17) is 25.8 Å². The molecular weight excluding hydrogens is 368 g/mol. The van der Waals surface area contributed by atoms with E-state index in [-0.39, 0.29) is 11.6 Å². The van der Waals surface area contributed by atoms with Gasteiger partial charge in [0.1, 0.15) is 11.4 Å². The number of amides is 1. The molecule has 1 N–H and O–H groups in total. The van der Waals surface area contributed by atoms with Crippen molar-refractivity contribution in [2.45, 2.75) is 6.42 Å². The fraction of sp³-hybridized carbons (Fsp3) is 0.200. The summed E-state index contributed by atoms with van der Waals surface area (Å²) >= 11 is 6.29. The van der Waals surface area contributed by atoms with Gasteiger partial charge >= 0.3 is 0 Å². The van der Waals surface area contributed by atoms with E-state index in [1.165, 1.54) is 0 Å². The molecule has 0 bridgehead atoms. The molecule has 1 aromatic heterocycles. The zero-order chi connectivity index (χ0) is 18.8. The van der Waals surface area contributed by atoms with Crippen LogP contribution in [-0.4, -0.2) is 31.2 Å². The predicted octanol–water partition coefficient (Wildman–Crippen LogP) is 4.31. The Hall–Kier alpha value is -2.99. The van der Waals surface area contributed by atoms with Gasteiger partial charge in [0.2, 0.25) is 0 Å². The van der Waals surface area contributed by atoms with Gasteiger partial charge in [-0.2, -0.15) is 0 Å². The van der Waals surface area contributed by atoms with E-state index in [1.54, 1.807) is 31.4 Å². The molecule has 2 heterocycles. The van der Waals surface area contributed by atoms with Crippen LogP contribution in [-0.2, 0) is 0 Å². The maximum atomic E-state index is 12.6. The Labute approximate surface area is 161 Å². The number of hydrogen-bond acceptors (Lipinski definition) is 5. The van der Waals surface area contributed by atoms with Crippen molar-refractivity contribution in [1.29, 1.82) is 0 Å². The molecular formula is C20H17ClN2O4. The highest BCUT2D eigenvalue weighted by molar-refractivity contribution is 6.34. The summed E-state index contributed by atoms with van der Waals surface area (Å²) < 4.78 is 16.4. The zero-order valence-corrected chi connectivity index (χ0v) is 15.4. The second kappa shape index (κ2) is 7.32. The molecule has 0 spiro atoms. The number of benzene rings is 2. The highest BCUT2D eigenvalue weighted by Gasteiger charge is 2.17. The van der Waals surface area contributed by atoms with E-state index in [9.17, 15) is 4.79 Å². The highest BCUT2D eigenvalue weighted by Crippen LogP contribution is 2.37. The fourth-order valence-electron chi connectivity index (χ4n) is 2.82. The Morgan fingerprint density at radius 2 is 1.89 bits per heavy atom. The molecule has 3 aromatic rings. The first-order chi connectivity index (χ1) is 13.1. The molecule has 0 fully saturated rings. The maximum Gasteiger partial charge on any atom is 0.274 e.